The average molecular weight is 255 g/mol. The smallest absolute Gasteiger partial charge is 0.122 e. The Morgan fingerprint density at radius 3 is 2.41 bits per heavy atom. The summed E-state index contributed by atoms with van der Waals surface area (Å²) in [6, 6.07) is 3.90. The summed E-state index contributed by atoms with van der Waals surface area (Å²) in [4.78, 5) is 10.6. The maximum atomic E-state index is 10.6. The third kappa shape index (κ3) is 3.22. The number of carbonyl (C=O) groups is 1. The zero-order valence-corrected chi connectivity index (χ0v) is 11.5. The van der Waals surface area contributed by atoms with Crippen molar-refractivity contribution in [3.63, 3.8) is 0 Å². The summed E-state index contributed by atoms with van der Waals surface area (Å²) >= 11 is 6.25. The van der Waals surface area contributed by atoms with Gasteiger partial charge in [-0.15, -0.1) is 0 Å². The van der Waals surface area contributed by atoms with Crippen LogP contribution in [0.3, 0.4) is 0 Å². The molecule has 0 amide bonds. The van der Waals surface area contributed by atoms with Gasteiger partial charge in [0.05, 0.1) is 7.11 Å². The van der Waals surface area contributed by atoms with E-state index < -0.39 is 0 Å². The van der Waals surface area contributed by atoms with Gasteiger partial charge < -0.3 is 9.53 Å². The van der Waals surface area contributed by atoms with E-state index in [1.807, 2.05) is 19.1 Å². The predicted octanol–water partition coefficient (Wildman–Crippen LogP) is 4.16. The van der Waals surface area contributed by atoms with Crippen molar-refractivity contribution in [3.05, 3.63) is 28.3 Å². The molecule has 3 heteroatoms. The van der Waals surface area contributed by atoms with Gasteiger partial charge in [0.2, 0.25) is 0 Å². The van der Waals surface area contributed by atoms with Crippen molar-refractivity contribution >= 4 is 17.9 Å². The second-order valence-electron chi connectivity index (χ2n) is 4.57. The van der Waals surface area contributed by atoms with Crippen LogP contribution in [0.4, 0.5) is 0 Å². The Balaban J connectivity index is 3.22. The molecular formula is C14H19ClO2. The first-order chi connectivity index (χ1) is 8.01. The standard InChI is InChI=1S/C14H19ClO2/c1-9(2)11-8-14(17-4)12(7-13(11)15)10(3)5-6-16/h6-10H,5H2,1-4H3. The van der Waals surface area contributed by atoms with Crippen molar-refractivity contribution in [1.29, 1.82) is 0 Å². The fourth-order valence-electron chi connectivity index (χ4n) is 1.86. The average Bonchev–Trinajstić information content (AvgIpc) is 2.28. The number of hydrogen-bond donors (Lipinski definition) is 0. The summed E-state index contributed by atoms with van der Waals surface area (Å²) in [5.41, 5.74) is 2.07. The van der Waals surface area contributed by atoms with Gasteiger partial charge in [-0.1, -0.05) is 32.4 Å². The fourth-order valence-corrected chi connectivity index (χ4v) is 2.25. The van der Waals surface area contributed by atoms with Gasteiger partial charge in [0.1, 0.15) is 12.0 Å². The molecule has 0 aliphatic rings. The summed E-state index contributed by atoms with van der Waals surface area (Å²) in [5, 5.41) is 0.744. The maximum Gasteiger partial charge on any atom is 0.122 e. The van der Waals surface area contributed by atoms with E-state index in [0.29, 0.717) is 12.3 Å². The van der Waals surface area contributed by atoms with Crippen LogP contribution in [0.25, 0.3) is 0 Å². The van der Waals surface area contributed by atoms with E-state index in [4.69, 9.17) is 16.3 Å². The number of carbonyl (C=O) groups excluding carboxylic acids is 1. The zero-order valence-electron chi connectivity index (χ0n) is 10.8. The Kier molecular flexibility index (Phi) is 5.01. The Bertz CT molecular complexity index is 399. The summed E-state index contributed by atoms with van der Waals surface area (Å²) in [6.45, 7) is 6.18. The van der Waals surface area contributed by atoms with Gasteiger partial charge in [0, 0.05) is 11.4 Å². The SMILES string of the molecule is COc1cc(C(C)C)c(Cl)cc1C(C)CC=O. The van der Waals surface area contributed by atoms with Crippen molar-refractivity contribution in [2.45, 2.75) is 39.0 Å². The van der Waals surface area contributed by atoms with Crippen LogP contribution in [0.2, 0.25) is 5.02 Å². The molecule has 0 saturated carbocycles. The molecule has 0 spiro atoms. The number of methoxy groups -OCH3 is 1. The quantitative estimate of drug-likeness (QED) is 0.738. The maximum absolute atomic E-state index is 10.6. The van der Waals surface area contributed by atoms with Crippen LogP contribution >= 0.6 is 11.6 Å². The summed E-state index contributed by atoms with van der Waals surface area (Å²) in [6.07, 6.45) is 1.40. The van der Waals surface area contributed by atoms with Crippen molar-refractivity contribution in [3.8, 4) is 5.75 Å². The van der Waals surface area contributed by atoms with Gasteiger partial charge >= 0.3 is 0 Å². The number of ether oxygens (including phenoxy) is 1. The van der Waals surface area contributed by atoms with Crippen molar-refractivity contribution in [2.75, 3.05) is 7.11 Å². The van der Waals surface area contributed by atoms with Gasteiger partial charge in [0.15, 0.2) is 0 Å². The molecule has 0 heterocycles. The highest BCUT2D eigenvalue weighted by atomic mass is 35.5. The molecule has 0 aromatic heterocycles. The number of aldehydes is 1. The third-order valence-corrected chi connectivity index (χ3v) is 3.28. The molecule has 1 rings (SSSR count). The first-order valence-electron chi connectivity index (χ1n) is 5.82. The molecule has 0 saturated heterocycles. The third-order valence-electron chi connectivity index (χ3n) is 2.95. The Hall–Kier alpha value is -1.02. The van der Waals surface area contributed by atoms with E-state index in [2.05, 4.69) is 13.8 Å². The van der Waals surface area contributed by atoms with E-state index in [0.717, 1.165) is 28.2 Å². The minimum Gasteiger partial charge on any atom is -0.496 e. The number of halogens is 1. The molecule has 17 heavy (non-hydrogen) atoms. The lowest BCUT2D eigenvalue weighted by Crippen LogP contribution is -2.01. The summed E-state index contributed by atoms with van der Waals surface area (Å²) in [7, 11) is 1.64. The largest absolute Gasteiger partial charge is 0.496 e. The highest BCUT2D eigenvalue weighted by Crippen LogP contribution is 2.36. The lowest BCUT2D eigenvalue weighted by Gasteiger charge is -2.17. The van der Waals surface area contributed by atoms with Crippen LogP contribution in [0.1, 0.15) is 50.2 Å². The van der Waals surface area contributed by atoms with Crippen LogP contribution in [0.5, 0.6) is 5.75 Å². The molecule has 2 nitrogen and oxygen atoms in total. The molecule has 1 aromatic carbocycles. The number of benzene rings is 1. The fraction of sp³-hybridized carbons (Fsp3) is 0.500. The van der Waals surface area contributed by atoms with Crippen LogP contribution < -0.4 is 4.74 Å². The lowest BCUT2D eigenvalue weighted by atomic mass is 9.93. The minimum atomic E-state index is 0.126. The van der Waals surface area contributed by atoms with Crippen molar-refractivity contribution in [1.82, 2.24) is 0 Å². The molecule has 0 aliphatic heterocycles. The monoisotopic (exact) mass is 254 g/mol. The minimum absolute atomic E-state index is 0.126. The van der Waals surface area contributed by atoms with Gasteiger partial charge in [-0.3, -0.25) is 0 Å². The molecule has 1 unspecified atom stereocenters. The van der Waals surface area contributed by atoms with Crippen LogP contribution in [-0.4, -0.2) is 13.4 Å². The highest BCUT2D eigenvalue weighted by molar-refractivity contribution is 6.31. The van der Waals surface area contributed by atoms with E-state index in [1.165, 1.54) is 0 Å². The van der Waals surface area contributed by atoms with Crippen LogP contribution in [0.15, 0.2) is 12.1 Å². The number of hydrogen-bond acceptors (Lipinski definition) is 2. The first kappa shape index (κ1) is 14.0. The van der Waals surface area contributed by atoms with E-state index in [1.54, 1.807) is 7.11 Å². The topological polar surface area (TPSA) is 26.3 Å². The molecule has 1 aromatic rings. The Labute approximate surface area is 108 Å². The van der Waals surface area contributed by atoms with Crippen molar-refractivity contribution < 1.29 is 9.53 Å². The molecule has 0 fully saturated rings. The second-order valence-corrected chi connectivity index (χ2v) is 4.98. The molecule has 0 bridgehead atoms. The molecule has 1 atom stereocenters. The molecular weight excluding hydrogens is 236 g/mol. The lowest BCUT2D eigenvalue weighted by molar-refractivity contribution is -0.108. The van der Waals surface area contributed by atoms with E-state index >= 15 is 0 Å². The van der Waals surface area contributed by atoms with E-state index in [9.17, 15) is 4.79 Å². The predicted molar refractivity (Wildman–Crippen MR) is 71.2 cm³/mol. The summed E-state index contributed by atoms with van der Waals surface area (Å²) < 4.78 is 5.38. The molecule has 0 N–H and O–H groups in total. The van der Waals surface area contributed by atoms with Gasteiger partial charge in [-0.05, 0) is 35.1 Å². The molecule has 94 valence electrons. The Morgan fingerprint density at radius 1 is 1.29 bits per heavy atom. The van der Waals surface area contributed by atoms with Gasteiger partial charge in [0.25, 0.3) is 0 Å². The van der Waals surface area contributed by atoms with E-state index in [-0.39, 0.29) is 5.92 Å². The number of rotatable bonds is 5. The van der Waals surface area contributed by atoms with Gasteiger partial charge in [-0.25, -0.2) is 0 Å². The Morgan fingerprint density at radius 2 is 1.94 bits per heavy atom. The summed E-state index contributed by atoms with van der Waals surface area (Å²) in [5.74, 6) is 1.29. The van der Waals surface area contributed by atoms with Crippen LogP contribution in [-0.2, 0) is 4.79 Å². The first-order valence-corrected chi connectivity index (χ1v) is 6.20. The second kappa shape index (κ2) is 6.06. The van der Waals surface area contributed by atoms with Gasteiger partial charge in [-0.2, -0.15) is 0 Å². The normalized spacial score (nSPS) is 12.6. The van der Waals surface area contributed by atoms with Crippen LogP contribution in [0, 0.1) is 0 Å². The highest BCUT2D eigenvalue weighted by Gasteiger charge is 2.16. The zero-order chi connectivity index (χ0) is 13.0. The van der Waals surface area contributed by atoms with Crippen molar-refractivity contribution in [2.24, 2.45) is 0 Å². The molecule has 0 aliphatic carbocycles. The molecule has 0 radical (unpaired) electrons.